The van der Waals surface area contributed by atoms with Crippen molar-refractivity contribution in [3.63, 3.8) is 0 Å². The van der Waals surface area contributed by atoms with Crippen LogP contribution < -0.4 is 14.8 Å². The molecule has 1 heterocycles. The Morgan fingerprint density at radius 2 is 1.96 bits per heavy atom. The van der Waals surface area contributed by atoms with Crippen molar-refractivity contribution >= 4 is 17.2 Å². The van der Waals surface area contributed by atoms with Gasteiger partial charge in [0, 0.05) is 10.4 Å². The van der Waals surface area contributed by atoms with E-state index >= 15 is 0 Å². The first-order valence-electron chi connectivity index (χ1n) is 7.39. The number of halogens is 2. The lowest BCUT2D eigenvalue weighted by atomic mass is 10.0. The van der Waals surface area contributed by atoms with E-state index in [0.717, 1.165) is 4.88 Å². The summed E-state index contributed by atoms with van der Waals surface area (Å²) < 4.78 is 34.1. The van der Waals surface area contributed by atoms with Gasteiger partial charge in [0.1, 0.15) is 0 Å². The topological polar surface area (TPSA) is 47.6 Å². The maximum Gasteiger partial charge on any atom is 0.387 e. The average molecular weight is 355 g/mol. The molecule has 0 radical (unpaired) electrons. The van der Waals surface area contributed by atoms with Gasteiger partial charge < -0.3 is 14.8 Å². The molecule has 0 fully saturated rings. The Hall–Kier alpha value is -2.15. The zero-order valence-electron chi connectivity index (χ0n) is 13.6. The third-order valence-electron chi connectivity index (χ3n) is 3.44. The van der Waals surface area contributed by atoms with Crippen LogP contribution in [0.3, 0.4) is 0 Å². The monoisotopic (exact) mass is 355 g/mol. The third kappa shape index (κ3) is 4.44. The molecule has 7 heteroatoms. The summed E-state index contributed by atoms with van der Waals surface area (Å²) in [5.41, 5.74) is 0.315. The Morgan fingerprint density at radius 3 is 2.50 bits per heavy atom. The van der Waals surface area contributed by atoms with Crippen molar-refractivity contribution in [1.29, 1.82) is 0 Å². The number of rotatable bonds is 7. The number of hydrogen-bond acceptors (Lipinski definition) is 4. The Kier molecular flexibility index (Phi) is 6.14. The molecular weight excluding hydrogens is 336 g/mol. The minimum Gasteiger partial charge on any atom is -0.493 e. The molecule has 2 aromatic rings. The van der Waals surface area contributed by atoms with Gasteiger partial charge in [0.2, 0.25) is 0 Å². The van der Waals surface area contributed by atoms with Crippen molar-refractivity contribution in [2.45, 2.75) is 26.5 Å². The quantitative estimate of drug-likeness (QED) is 0.796. The summed E-state index contributed by atoms with van der Waals surface area (Å²) in [5, 5.41) is 4.93. The second kappa shape index (κ2) is 8.10. The van der Waals surface area contributed by atoms with Crippen LogP contribution >= 0.6 is 11.3 Å². The Morgan fingerprint density at radius 1 is 1.21 bits per heavy atom. The highest BCUT2D eigenvalue weighted by atomic mass is 32.1. The van der Waals surface area contributed by atoms with Crippen LogP contribution in [0.25, 0.3) is 0 Å². The minimum atomic E-state index is -2.96. The first-order valence-corrected chi connectivity index (χ1v) is 8.27. The SMILES string of the molecule is COc1cc(C(=O)N[C@H](c2cccs2)C(C)C)ccc1OC(F)F. The molecule has 0 saturated heterocycles. The number of thiophene rings is 1. The van der Waals surface area contributed by atoms with E-state index in [4.69, 9.17) is 4.74 Å². The molecule has 24 heavy (non-hydrogen) atoms. The largest absolute Gasteiger partial charge is 0.493 e. The Bertz CT molecular complexity index is 674. The number of alkyl halides is 2. The molecular formula is C17H19F2NO3S. The van der Waals surface area contributed by atoms with Gasteiger partial charge in [-0.3, -0.25) is 4.79 Å². The lowest BCUT2D eigenvalue weighted by molar-refractivity contribution is -0.0512. The number of benzene rings is 1. The molecule has 0 aliphatic carbocycles. The molecule has 0 aliphatic heterocycles. The summed E-state index contributed by atoms with van der Waals surface area (Å²) in [4.78, 5) is 13.6. The zero-order valence-corrected chi connectivity index (χ0v) is 14.4. The number of methoxy groups -OCH3 is 1. The predicted octanol–water partition coefficient (Wildman–Crippen LogP) is 4.49. The van der Waals surface area contributed by atoms with Gasteiger partial charge in [0.05, 0.1) is 13.2 Å². The first kappa shape index (κ1) is 18.2. The van der Waals surface area contributed by atoms with E-state index in [1.807, 2.05) is 31.4 Å². The highest BCUT2D eigenvalue weighted by Crippen LogP contribution is 2.30. The molecule has 2 rings (SSSR count). The number of carbonyl (C=O) groups excluding carboxylic acids is 1. The van der Waals surface area contributed by atoms with Gasteiger partial charge in [-0.1, -0.05) is 19.9 Å². The summed E-state index contributed by atoms with van der Waals surface area (Å²) in [6, 6.07) is 7.90. The van der Waals surface area contributed by atoms with Gasteiger partial charge in [0.15, 0.2) is 11.5 Å². The van der Waals surface area contributed by atoms with E-state index in [2.05, 4.69) is 10.1 Å². The molecule has 0 unspecified atom stereocenters. The van der Waals surface area contributed by atoms with Crippen LogP contribution in [0.2, 0.25) is 0 Å². The molecule has 1 atom stereocenters. The van der Waals surface area contributed by atoms with Crippen LogP contribution in [0.15, 0.2) is 35.7 Å². The average Bonchev–Trinajstić information content (AvgIpc) is 3.05. The summed E-state index contributed by atoms with van der Waals surface area (Å²) in [6.07, 6.45) is 0. The van der Waals surface area contributed by atoms with Crippen molar-refractivity contribution in [1.82, 2.24) is 5.32 Å². The van der Waals surface area contributed by atoms with Crippen LogP contribution in [-0.4, -0.2) is 19.6 Å². The maximum atomic E-state index is 12.5. The third-order valence-corrected chi connectivity index (χ3v) is 4.40. The highest BCUT2D eigenvalue weighted by Gasteiger charge is 2.21. The van der Waals surface area contributed by atoms with Crippen LogP contribution in [0, 0.1) is 5.92 Å². The minimum absolute atomic E-state index is 0.0835. The number of carbonyl (C=O) groups is 1. The molecule has 1 amide bonds. The molecule has 0 saturated carbocycles. The Balaban J connectivity index is 2.19. The summed E-state index contributed by atoms with van der Waals surface area (Å²) in [6.45, 7) is 1.08. The molecule has 0 aliphatic rings. The summed E-state index contributed by atoms with van der Waals surface area (Å²) in [5.74, 6) is -0.122. The first-order chi connectivity index (χ1) is 11.4. The molecule has 0 spiro atoms. The maximum absolute atomic E-state index is 12.5. The van der Waals surface area contributed by atoms with Crippen molar-refractivity contribution < 1.29 is 23.0 Å². The lowest BCUT2D eigenvalue weighted by Crippen LogP contribution is -2.31. The van der Waals surface area contributed by atoms with Gasteiger partial charge in [-0.05, 0) is 35.6 Å². The molecule has 130 valence electrons. The summed E-state index contributed by atoms with van der Waals surface area (Å²) in [7, 11) is 1.33. The van der Waals surface area contributed by atoms with E-state index < -0.39 is 6.61 Å². The van der Waals surface area contributed by atoms with E-state index in [-0.39, 0.29) is 29.4 Å². The van der Waals surface area contributed by atoms with E-state index in [1.54, 1.807) is 11.3 Å². The second-order valence-electron chi connectivity index (χ2n) is 5.45. The lowest BCUT2D eigenvalue weighted by Gasteiger charge is -2.21. The highest BCUT2D eigenvalue weighted by molar-refractivity contribution is 7.10. The number of hydrogen-bond donors (Lipinski definition) is 1. The van der Waals surface area contributed by atoms with Gasteiger partial charge >= 0.3 is 6.61 Å². The van der Waals surface area contributed by atoms with Gasteiger partial charge in [-0.25, -0.2) is 0 Å². The Labute approximate surface area is 143 Å². The van der Waals surface area contributed by atoms with Crippen LogP contribution in [0.5, 0.6) is 11.5 Å². The van der Waals surface area contributed by atoms with Crippen molar-refractivity contribution in [2.24, 2.45) is 5.92 Å². The standard InChI is InChI=1S/C17H19F2NO3S/c1-10(2)15(14-5-4-8-24-14)20-16(21)11-6-7-12(23-17(18)19)13(9-11)22-3/h4-10,15,17H,1-3H3,(H,20,21)/t15-/m0/s1. The predicted molar refractivity (Wildman–Crippen MR) is 89.0 cm³/mol. The van der Waals surface area contributed by atoms with E-state index in [1.165, 1.54) is 25.3 Å². The fourth-order valence-corrected chi connectivity index (χ4v) is 3.21. The molecule has 0 bridgehead atoms. The number of amides is 1. The van der Waals surface area contributed by atoms with Crippen molar-refractivity contribution in [3.8, 4) is 11.5 Å². The van der Waals surface area contributed by atoms with Crippen molar-refractivity contribution in [2.75, 3.05) is 7.11 Å². The summed E-state index contributed by atoms with van der Waals surface area (Å²) >= 11 is 1.57. The number of ether oxygens (including phenoxy) is 2. The normalized spacial score (nSPS) is 12.3. The van der Waals surface area contributed by atoms with Gasteiger partial charge in [-0.15, -0.1) is 11.3 Å². The second-order valence-corrected chi connectivity index (χ2v) is 6.43. The molecule has 1 N–H and O–H groups in total. The molecule has 4 nitrogen and oxygen atoms in total. The fraction of sp³-hybridized carbons (Fsp3) is 0.353. The van der Waals surface area contributed by atoms with Gasteiger partial charge in [-0.2, -0.15) is 8.78 Å². The molecule has 1 aromatic carbocycles. The zero-order chi connectivity index (χ0) is 17.7. The van der Waals surface area contributed by atoms with Gasteiger partial charge in [0.25, 0.3) is 5.91 Å². The fourth-order valence-electron chi connectivity index (χ4n) is 2.26. The van der Waals surface area contributed by atoms with Crippen LogP contribution in [0.4, 0.5) is 8.78 Å². The van der Waals surface area contributed by atoms with Crippen LogP contribution in [-0.2, 0) is 0 Å². The molecule has 1 aromatic heterocycles. The van der Waals surface area contributed by atoms with Crippen molar-refractivity contribution in [3.05, 3.63) is 46.2 Å². The van der Waals surface area contributed by atoms with E-state index in [0.29, 0.717) is 5.56 Å². The number of nitrogens with one attached hydrogen (secondary N) is 1. The van der Waals surface area contributed by atoms with E-state index in [9.17, 15) is 13.6 Å². The smallest absolute Gasteiger partial charge is 0.387 e. The van der Waals surface area contributed by atoms with Crippen LogP contribution in [0.1, 0.15) is 35.1 Å².